The summed E-state index contributed by atoms with van der Waals surface area (Å²) in [5.41, 5.74) is 1.08. The Morgan fingerprint density at radius 3 is 2.86 bits per heavy atom. The normalized spacial score (nSPS) is 21.6. The highest BCUT2D eigenvalue weighted by Gasteiger charge is 2.29. The predicted molar refractivity (Wildman–Crippen MR) is 127 cm³/mol. The lowest BCUT2D eigenvalue weighted by atomic mass is 10.1. The smallest absolute Gasteiger partial charge is 0.258 e. The van der Waals surface area contributed by atoms with Gasteiger partial charge in [-0.05, 0) is 56.1 Å². The summed E-state index contributed by atoms with van der Waals surface area (Å²) in [6.45, 7) is 3.93. The summed E-state index contributed by atoms with van der Waals surface area (Å²) in [7, 11) is 1.79. The number of hydrogen-bond acceptors (Lipinski definition) is 4. The predicted octanol–water partition coefficient (Wildman–Crippen LogP) is 2.91. The van der Waals surface area contributed by atoms with E-state index in [4.69, 9.17) is 4.74 Å². The maximum Gasteiger partial charge on any atom is 0.258 e. The average Bonchev–Trinajstić information content (AvgIpc) is 3.38. The van der Waals surface area contributed by atoms with E-state index in [2.05, 4.69) is 27.9 Å². The number of carbonyl (C=O) groups is 1. The Morgan fingerprint density at radius 2 is 2.18 bits per heavy atom. The second-order valence-corrected chi connectivity index (χ2v) is 9.14. The molecule has 1 heterocycles. The number of ether oxygens (including phenoxy) is 1. The first-order valence-corrected chi connectivity index (χ1v) is 10.6. The van der Waals surface area contributed by atoms with Gasteiger partial charge in [-0.25, -0.2) is 0 Å². The maximum atomic E-state index is 11.7. The first-order chi connectivity index (χ1) is 13.1. The molecule has 1 saturated carbocycles. The van der Waals surface area contributed by atoms with Crippen LogP contribution in [-0.2, 0) is 11.3 Å². The summed E-state index contributed by atoms with van der Waals surface area (Å²) in [4.78, 5) is 16.0. The van der Waals surface area contributed by atoms with Crippen LogP contribution in [0.1, 0.15) is 38.2 Å². The highest BCUT2D eigenvalue weighted by molar-refractivity contribution is 14.0. The van der Waals surface area contributed by atoms with Gasteiger partial charge in [0, 0.05) is 30.9 Å². The third-order valence-corrected chi connectivity index (χ3v) is 6.36. The van der Waals surface area contributed by atoms with E-state index in [0.29, 0.717) is 23.1 Å². The van der Waals surface area contributed by atoms with Gasteiger partial charge in [0.2, 0.25) is 0 Å². The number of carbonyl (C=O) groups excluding carboxylic acids is 1. The van der Waals surface area contributed by atoms with Crippen molar-refractivity contribution < 1.29 is 9.53 Å². The highest BCUT2D eigenvalue weighted by atomic mass is 127. The first kappa shape index (κ1) is 23.1. The summed E-state index contributed by atoms with van der Waals surface area (Å²) < 4.78 is 5.91. The molecule has 8 heteroatoms. The number of halogens is 1. The van der Waals surface area contributed by atoms with E-state index in [-0.39, 0.29) is 36.5 Å². The molecular formula is C20H31IN4O2S. The van der Waals surface area contributed by atoms with Crippen LogP contribution in [0.4, 0.5) is 0 Å². The molecule has 1 aliphatic heterocycles. The summed E-state index contributed by atoms with van der Waals surface area (Å²) in [6.07, 6.45) is 4.70. The van der Waals surface area contributed by atoms with E-state index in [9.17, 15) is 4.79 Å². The molecule has 0 spiro atoms. The van der Waals surface area contributed by atoms with Crippen LogP contribution in [0.5, 0.6) is 5.75 Å². The molecule has 0 aromatic heterocycles. The molecular weight excluding hydrogens is 487 g/mol. The minimum atomic E-state index is -0.0519. The fourth-order valence-electron chi connectivity index (χ4n) is 3.04. The molecule has 1 aromatic rings. The lowest BCUT2D eigenvalue weighted by molar-refractivity contribution is -0.123. The second kappa shape index (κ2) is 11.1. The molecule has 1 aromatic carbocycles. The van der Waals surface area contributed by atoms with E-state index in [1.165, 1.54) is 18.6 Å². The molecule has 0 radical (unpaired) electrons. The van der Waals surface area contributed by atoms with Crippen molar-refractivity contribution in [2.24, 2.45) is 4.99 Å². The molecule has 3 rings (SSSR count). The van der Waals surface area contributed by atoms with Crippen LogP contribution in [0.2, 0.25) is 0 Å². The van der Waals surface area contributed by atoms with Crippen molar-refractivity contribution in [3.63, 3.8) is 0 Å². The number of nitrogens with zero attached hydrogens (tertiary/aromatic N) is 1. The van der Waals surface area contributed by atoms with Crippen molar-refractivity contribution >= 4 is 47.6 Å². The van der Waals surface area contributed by atoms with Crippen LogP contribution >= 0.6 is 35.7 Å². The SMILES string of the molecule is CN=C(NCc1cccc(OCC(=O)NC2CC2)c1)NCC1(C)CCCS1.I. The number of rotatable bonds is 8. The van der Waals surface area contributed by atoms with Gasteiger partial charge in [-0.1, -0.05) is 12.1 Å². The Kier molecular flexibility index (Phi) is 9.20. The molecule has 0 bridgehead atoms. The van der Waals surface area contributed by atoms with E-state index in [0.717, 1.165) is 30.9 Å². The van der Waals surface area contributed by atoms with Gasteiger partial charge in [0.05, 0.1) is 0 Å². The molecule has 6 nitrogen and oxygen atoms in total. The Bertz CT molecular complexity index is 676. The van der Waals surface area contributed by atoms with Crippen molar-refractivity contribution in [1.82, 2.24) is 16.0 Å². The molecule has 1 unspecified atom stereocenters. The first-order valence-electron chi connectivity index (χ1n) is 9.66. The number of hydrogen-bond donors (Lipinski definition) is 3. The Labute approximate surface area is 189 Å². The molecule has 1 atom stereocenters. The zero-order valence-electron chi connectivity index (χ0n) is 16.6. The van der Waals surface area contributed by atoms with E-state index in [1.807, 2.05) is 36.0 Å². The topological polar surface area (TPSA) is 74.8 Å². The van der Waals surface area contributed by atoms with Crippen molar-refractivity contribution in [1.29, 1.82) is 0 Å². The number of benzene rings is 1. The third-order valence-electron chi connectivity index (χ3n) is 4.82. The number of nitrogens with one attached hydrogen (secondary N) is 3. The van der Waals surface area contributed by atoms with Gasteiger partial charge in [0.25, 0.3) is 5.91 Å². The monoisotopic (exact) mass is 518 g/mol. The summed E-state index contributed by atoms with van der Waals surface area (Å²) in [5.74, 6) is 2.70. The fourth-order valence-corrected chi connectivity index (χ4v) is 4.29. The Hall–Kier alpha value is -1.16. The van der Waals surface area contributed by atoms with E-state index < -0.39 is 0 Å². The van der Waals surface area contributed by atoms with E-state index in [1.54, 1.807) is 7.05 Å². The van der Waals surface area contributed by atoms with Crippen molar-refractivity contribution in [3.8, 4) is 5.75 Å². The molecule has 156 valence electrons. The molecule has 1 aliphatic carbocycles. The fraction of sp³-hybridized carbons (Fsp3) is 0.600. The van der Waals surface area contributed by atoms with Crippen LogP contribution in [0.25, 0.3) is 0 Å². The quantitative estimate of drug-likeness (QED) is 0.281. The zero-order chi connectivity index (χ0) is 19.1. The minimum Gasteiger partial charge on any atom is -0.484 e. The molecule has 3 N–H and O–H groups in total. The van der Waals surface area contributed by atoms with Gasteiger partial charge in [0.15, 0.2) is 12.6 Å². The van der Waals surface area contributed by atoms with Crippen LogP contribution in [0.3, 0.4) is 0 Å². The standard InChI is InChI=1S/C20H30N4O2S.HI/c1-20(9-4-10-27-20)14-23-19(21-2)22-12-15-5-3-6-17(11-15)26-13-18(25)24-16-7-8-16;/h3,5-6,11,16H,4,7-10,12-14H2,1-2H3,(H,24,25)(H2,21,22,23);1H. The second-order valence-electron chi connectivity index (χ2n) is 7.46. The molecule has 1 amide bonds. The molecule has 2 aliphatic rings. The van der Waals surface area contributed by atoms with Crippen LogP contribution in [0.15, 0.2) is 29.3 Å². The largest absolute Gasteiger partial charge is 0.484 e. The number of thioether (sulfide) groups is 1. The van der Waals surface area contributed by atoms with Gasteiger partial charge in [-0.2, -0.15) is 11.8 Å². The average molecular weight is 518 g/mol. The highest BCUT2D eigenvalue weighted by Crippen LogP contribution is 2.36. The van der Waals surface area contributed by atoms with Crippen molar-refractivity contribution in [2.45, 2.75) is 49.9 Å². The molecule has 1 saturated heterocycles. The zero-order valence-corrected chi connectivity index (χ0v) is 19.8. The Morgan fingerprint density at radius 1 is 1.36 bits per heavy atom. The van der Waals surface area contributed by atoms with Gasteiger partial charge in [0.1, 0.15) is 5.75 Å². The molecule has 28 heavy (non-hydrogen) atoms. The maximum absolute atomic E-state index is 11.7. The van der Waals surface area contributed by atoms with Crippen LogP contribution < -0.4 is 20.7 Å². The lowest BCUT2D eigenvalue weighted by Gasteiger charge is -2.24. The summed E-state index contributed by atoms with van der Waals surface area (Å²) in [5, 5.41) is 9.71. The van der Waals surface area contributed by atoms with Gasteiger partial charge in [-0.15, -0.1) is 24.0 Å². The Balaban J connectivity index is 0.00000280. The third kappa shape index (κ3) is 7.69. The summed E-state index contributed by atoms with van der Waals surface area (Å²) in [6, 6.07) is 8.17. The number of amides is 1. The van der Waals surface area contributed by atoms with Crippen LogP contribution in [-0.4, -0.2) is 48.6 Å². The van der Waals surface area contributed by atoms with Crippen molar-refractivity contribution in [2.75, 3.05) is 26.0 Å². The van der Waals surface area contributed by atoms with Gasteiger partial charge in [-0.3, -0.25) is 9.79 Å². The molecule has 2 fully saturated rings. The number of aliphatic imine (C=N–C) groups is 1. The van der Waals surface area contributed by atoms with Gasteiger partial charge < -0.3 is 20.7 Å². The summed E-state index contributed by atoms with van der Waals surface area (Å²) >= 11 is 2.03. The van der Waals surface area contributed by atoms with E-state index >= 15 is 0 Å². The lowest BCUT2D eigenvalue weighted by Crippen LogP contribution is -2.43. The van der Waals surface area contributed by atoms with Crippen LogP contribution in [0, 0.1) is 0 Å². The minimum absolute atomic E-state index is 0. The van der Waals surface area contributed by atoms with Gasteiger partial charge >= 0.3 is 0 Å². The van der Waals surface area contributed by atoms with Crippen molar-refractivity contribution in [3.05, 3.63) is 29.8 Å². The number of guanidine groups is 1.